The number of aromatic nitrogens is 2. The van der Waals surface area contributed by atoms with Crippen LogP contribution in [0, 0.1) is 5.92 Å². The minimum Gasteiger partial charge on any atom is -0.353 e. The van der Waals surface area contributed by atoms with E-state index < -0.39 is 0 Å². The summed E-state index contributed by atoms with van der Waals surface area (Å²) in [5, 5.41) is 0. The zero-order valence-corrected chi connectivity index (χ0v) is 13.2. The number of para-hydroxylation sites is 2. The molecule has 0 radical (unpaired) electrons. The molecule has 21 heavy (non-hydrogen) atoms. The Kier molecular flexibility index (Phi) is 4.06. The van der Waals surface area contributed by atoms with E-state index in [1.54, 1.807) is 0 Å². The first-order valence-corrected chi connectivity index (χ1v) is 7.82. The smallest absolute Gasteiger partial charge is 0.147 e. The van der Waals surface area contributed by atoms with E-state index in [-0.39, 0.29) is 0 Å². The van der Waals surface area contributed by atoms with Crippen molar-refractivity contribution in [3.05, 3.63) is 30.5 Å². The Bertz CT molecular complexity index is 611. The van der Waals surface area contributed by atoms with E-state index in [1.807, 2.05) is 30.5 Å². The molecule has 1 aromatic heterocycles. The van der Waals surface area contributed by atoms with Crippen LogP contribution in [0.4, 0.5) is 5.82 Å². The molecule has 1 aliphatic rings. The summed E-state index contributed by atoms with van der Waals surface area (Å²) in [7, 11) is 4.37. The molecule has 2 atom stereocenters. The van der Waals surface area contributed by atoms with Gasteiger partial charge in [-0.25, -0.2) is 4.98 Å². The van der Waals surface area contributed by atoms with Gasteiger partial charge in [0.15, 0.2) is 0 Å². The molecule has 4 nitrogen and oxygen atoms in total. The highest BCUT2D eigenvalue weighted by molar-refractivity contribution is 5.75. The molecule has 112 valence electrons. The van der Waals surface area contributed by atoms with Gasteiger partial charge in [-0.15, -0.1) is 0 Å². The van der Waals surface area contributed by atoms with E-state index in [4.69, 9.17) is 4.98 Å². The Morgan fingerprint density at radius 1 is 1.19 bits per heavy atom. The molecule has 0 aliphatic carbocycles. The van der Waals surface area contributed by atoms with Crippen molar-refractivity contribution in [2.45, 2.75) is 25.8 Å². The molecule has 1 aromatic carbocycles. The van der Waals surface area contributed by atoms with Crippen molar-refractivity contribution in [2.24, 2.45) is 5.92 Å². The van der Waals surface area contributed by atoms with E-state index in [0.717, 1.165) is 35.9 Å². The van der Waals surface area contributed by atoms with Crippen molar-refractivity contribution >= 4 is 16.9 Å². The van der Waals surface area contributed by atoms with E-state index in [9.17, 15) is 0 Å². The Morgan fingerprint density at radius 3 is 2.67 bits per heavy atom. The lowest BCUT2D eigenvalue weighted by Crippen LogP contribution is -2.35. The third-order valence-corrected chi connectivity index (χ3v) is 4.49. The number of anilines is 1. The third-order valence-electron chi connectivity index (χ3n) is 4.49. The third kappa shape index (κ3) is 2.86. The van der Waals surface area contributed by atoms with Crippen molar-refractivity contribution < 1.29 is 0 Å². The van der Waals surface area contributed by atoms with Crippen LogP contribution in [0.15, 0.2) is 30.5 Å². The first-order valence-electron chi connectivity index (χ1n) is 7.82. The molecule has 0 N–H and O–H groups in total. The normalized spacial score (nSPS) is 22.4. The number of fused-ring (bicyclic) bond motifs is 1. The van der Waals surface area contributed by atoms with Gasteiger partial charge in [0.1, 0.15) is 5.82 Å². The summed E-state index contributed by atoms with van der Waals surface area (Å²) in [6, 6.07) is 8.69. The highest BCUT2D eigenvalue weighted by Gasteiger charge is 2.34. The van der Waals surface area contributed by atoms with Gasteiger partial charge in [-0.2, -0.15) is 0 Å². The summed E-state index contributed by atoms with van der Waals surface area (Å²) in [6.07, 6.45) is 4.44. The Morgan fingerprint density at radius 2 is 1.95 bits per heavy atom. The molecular formula is C17H24N4. The van der Waals surface area contributed by atoms with E-state index in [1.165, 1.54) is 12.8 Å². The first-order chi connectivity index (χ1) is 10.2. The zero-order valence-electron chi connectivity index (χ0n) is 13.2. The van der Waals surface area contributed by atoms with Crippen molar-refractivity contribution in [3.63, 3.8) is 0 Å². The number of benzene rings is 1. The number of hydrogen-bond acceptors (Lipinski definition) is 4. The van der Waals surface area contributed by atoms with Crippen LogP contribution in [-0.4, -0.2) is 48.1 Å². The lowest BCUT2D eigenvalue weighted by Gasteiger charge is -2.24. The van der Waals surface area contributed by atoms with E-state index in [2.05, 4.69) is 35.8 Å². The average molecular weight is 284 g/mol. The predicted octanol–water partition coefficient (Wildman–Crippen LogP) is 2.80. The minimum absolute atomic E-state index is 0.609. The molecule has 0 spiro atoms. The molecule has 4 heteroatoms. The SMILES string of the molecule is CCC[C@@H]1CN(c2cnc3ccccc3n2)C[C@H]1N(C)C. The topological polar surface area (TPSA) is 32.3 Å². The summed E-state index contributed by atoms with van der Waals surface area (Å²) in [4.78, 5) is 14.1. The van der Waals surface area contributed by atoms with Crippen molar-refractivity contribution in [1.29, 1.82) is 0 Å². The standard InChI is InChI=1S/C17H24N4/c1-4-7-13-11-21(12-16(13)20(2)3)17-10-18-14-8-5-6-9-15(14)19-17/h5-6,8-10,13,16H,4,7,11-12H2,1-3H3/t13-,16-/m1/s1. The highest BCUT2D eigenvalue weighted by atomic mass is 15.3. The largest absolute Gasteiger partial charge is 0.353 e. The lowest BCUT2D eigenvalue weighted by molar-refractivity contribution is 0.246. The maximum Gasteiger partial charge on any atom is 0.147 e. The number of likely N-dealkylation sites (N-methyl/N-ethyl adjacent to an activating group) is 1. The quantitative estimate of drug-likeness (QED) is 0.864. The van der Waals surface area contributed by atoms with Crippen LogP contribution in [0.25, 0.3) is 11.0 Å². The second-order valence-electron chi connectivity index (χ2n) is 6.20. The van der Waals surface area contributed by atoms with Gasteiger partial charge < -0.3 is 9.80 Å². The fourth-order valence-electron chi connectivity index (χ4n) is 3.38. The fraction of sp³-hybridized carbons (Fsp3) is 0.529. The van der Waals surface area contributed by atoms with Gasteiger partial charge in [0.25, 0.3) is 0 Å². The van der Waals surface area contributed by atoms with Gasteiger partial charge in [0, 0.05) is 19.1 Å². The molecular weight excluding hydrogens is 260 g/mol. The van der Waals surface area contributed by atoms with Gasteiger partial charge in [-0.05, 0) is 38.6 Å². The summed E-state index contributed by atoms with van der Waals surface area (Å²) in [5.41, 5.74) is 1.95. The van der Waals surface area contributed by atoms with Crippen LogP contribution in [0.2, 0.25) is 0 Å². The summed E-state index contributed by atoms with van der Waals surface area (Å²) in [5.74, 6) is 1.73. The molecule has 0 saturated carbocycles. The maximum absolute atomic E-state index is 4.79. The molecule has 0 unspecified atom stereocenters. The highest BCUT2D eigenvalue weighted by Crippen LogP contribution is 2.28. The van der Waals surface area contributed by atoms with Gasteiger partial charge in [0.05, 0.1) is 17.2 Å². The van der Waals surface area contributed by atoms with Crippen molar-refractivity contribution in [3.8, 4) is 0 Å². The molecule has 1 fully saturated rings. The van der Waals surface area contributed by atoms with E-state index in [0.29, 0.717) is 6.04 Å². The Labute approximate surface area is 126 Å². The second kappa shape index (κ2) is 5.98. The molecule has 3 rings (SSSR count). The van der Waals surface area contributed by atoms with Gasteiger partial charge in [0.2, 0.25) is 0 Å². The molecule has 0 bridgehead atoms. The van der Waals surface area contributed by atoms with Crippen LogP contribution in [-0.2, 0) is 0 Å². The van der Waals surface area contributed by atoms with Crippen LogP contribution in [0.1, 0.15) is 19.8 Å². The van der Waals surface area contributed by atoms with Gasteiger partial charge in [-0.1, -0.05) is 25.5 Å². The predicted molar refractivity (Wildman–Crippen MR) is 87.6 cm³/mol. The summed E-state index contributed by atoms with van der Waals surface area (Å²) < 4.78 is 0. The van der Waals surface area contributed by atoms with Crippen molar-refractivity contribution in [1.82, 2.24) is 14.9 Å². The average Bonchev–Trinajstić information content (AvgIpc) is 2.91. The van der Waals surface area contributed by atoms with Crippen LogP contribution in [0.5, 0.6) is 0 Å². The van der Waals surface area contributed by atoms with Crippen LogP contribution < -0.4 is 4.90 Å². The second-order valence-corrected chi connectivity index (χ2v) is 6.20. The molecule has 1 saturated heterocycles. The van der Waals surface area contributed by atoms with Crippen molar-refractivity contribution in [2.75, 3.05) is 32.1 Å². The molecule has 0 amide bonds. The lowest BCUT2D eigenvalue weighted by atomic mass is 9.98. The summed E-state index contributed by atoms with van der Waals surface area (Å²) >= 11 is 0. The first kappa shape index (κ1) is 14.3. The Hall–Kier alpha value is -1.68. The maximum atomic E-state index is 4.79. The molecule has 2 heterocycles. The van der Waals surface area contributed by atoms with E-state index >= 15 is 0 Å². The molecule has 2 aromatic rings. The van der Waals surface area contributed by atoms with Gasteiger partial charge in [-0.3, -0.25) is 4.98 Å². The Balaban J connectivity index is 1.85. The summed E-state index contributed by atoms with van der Waals surface area (Å²) in [6.45, 7) is 4.40. The minimum atomic E-state index is 0.609. The van der Waals surface area contributed by atoms with Crippen LogP contribution in [0.3, 0.4) is 0 Å². The monoisotopic (exact) mass is 284 g/mol. The zero-order chi connectivity index (χ0) is 14.8. The number of hydrogen-bond donors (Lipinski definition) is 0. The molecule has 1 aliphatic heterocycles. The fourth-order valence-corrected chi connectivity index (χ4v) is 3.38. The number of rotatable bonds is 4. The van der Waals surface area contributed by atoms with Crippen LogP contribution >= 0.6 is 0 Å². The number of nitrogens with zero attached hydrogens (tertiary/aromatic N) is 4. The van der Waals surface area contributed by atoms with Gasteiger partial charge >= 0.3 is 0 Å².